The fourth-order valence-electron chi connectivity index (χ4n) is 1.66. The van der Waals surface area contributed by atoms with Crippen molar-refractivity contribution in [2.75, 3.05) is 13.7 Å². The highest BCUT2D eigenvalue weighted by Crippen LogP contribution is 2.23. The molecule has 0 saturated carbocycles. The third-order valence-electron chi connectivity index (χ3n) is 2.70. The third-order valence-corrected chi connectivity index (χ3v) is 3.55. The van der Waals surface area contributed by atoms with Gasteiger partial charge in [-0.3, -0.25) is 9.69 Å². The van der Waals surface area contributed by atoms with Crippen molar-refractivity contribution >= 4 is 40.6 Å². The fourth-order valence-corrected chi connectivity index (χ4v) is 2.36. The third kappa shape index (κ3) is 3.01. The fraction of sp³-hybridized carbons (Fsp3) is 0.143. The maximum absolute atomic E-state index is 11.7. The zero-order valence-electron chi connectivity index (χ0n) is 10.9. The molecule has 1 saturated heterocycles. The Kier molecular flexibility index (Phi) is 4.43. The maximum Gasteiger partial charge on any atom is 0.328 e. The summed E-state index contributed by atoms with van der Waals surface area (Å²) in [5.74, 6) is 0.420. The van der Waals surface area contributed by atoms with Crippen LogP contribution in [0.3, 0.4) is 0 Å². The summed E-state index contributed by atoms with van der Waals surface area (Å²) in [6, 6.07) is 5.11. The zero-order valence-corrected chi connectivity index (χ0v) is 13.0. The molecule has 0 unspecified atom stereocenters. The number of halogens is 1. The van der Waals surface area contributed by atoms with E-state index >= 15 is 0 Å². The Morgan fingerprint density at radius 3 is 2.75 bits per heavy atom. The smallest absolute Gasteiger partial charge is 0.328 e. The number of urea groups is 1. The highest BCUT2D eigenvalue weighted by Gasteiger charge is 2.29. The van der Waals surface area contributed by atoms with E-state index < -0.39 is 6.03 Å². The number of nitrogens with one attached hydrogen (secondary N) is 1. The van der Waals surface area contributed by atoms with Gasteiger partial charge in [0, 0.05) is 7.05 Å². The number of carbonyl (C=O) groups excluding carboxylic acids is 2. The van der Waals surface area contributed by atoms with E-state index in [4.69, 9.17) is 4.74 Å². The van der Waals surface area contributed by atoms with E-state index in [-0.39, 0.29) is 11.6 Å². The molecule has 1 aromatic carbocycles. The molecular weight excluding hydrogens is 371 g/mol. The van der Waals surface area contributed by atoms with Gasteiger partial charge in [-0.05, 0) is 46.4 Å². The van der Waals surface area contributed by atoms with Crippen LogP contribution in [0.1, 0.15) is 5.56 Å². The minimum absolute atomic E-state index is 0.271. The summed E-state index contributed by atoms with van der Waals surface area (Å²) in [6.45, 7) is 4.03. The topological polar surface area (TPSA) is 58.6 Å². The van der Waals surface area contributed by atoms with E-state index in [1.54, 1.807) is 12.2 Å². The number of rotatable bonds is 4. The van der Waals surface area contributed by atoms with Crippen molar-refractivity contribution in [3.63, 3.8) is 0 Å². The average molecular weight is 384 g/mol. The van der Waals surface area contributed by atoms with Gasteiger partial charge in [0.05, 0.1) is 3.57 Å². The van der Waals surface area contributed by atoms with Crippen molar-refractivity contribution < 1.29 is 14.3 Å². The zero-order chi connectivity index (χ0) is 14.7. The molecule has 1 aliphatic rings. The van der Waals surface area contributed by atoms with Crippen LogP contribution in [0.5, 0.6) is 5.75 Å². The molecule has 2 rings (SSSR count). The normalized spacial score (nSPS) is 16.5. The van der Waals surface area contributed by atoms with Crippen molar-refractivity contribution in [1.82, 2.24) is 10.2 Å². The molecule has 1 aromatic rings. The highest BCUT2D eigenvalue weighted by atomic mass is 127. The van der Waals surface area contributed by atoms with Crippen molar-refractivity contribution in [2.45, 2.75) is 0 Å². The predicted octanol–water partition coefficient (Wildman–Crippen LogP) is 2.38. The van der Waals surface area contributed by atoms with E-state index in [2.05, 4.69) is 34.5 Å². The molecule has 20 heavy (non-hydrogen) atoms. The first-order valence-electron chi connectivity index (χ1n) is 5.87. The van der Waals surface area contributed by atoms with E-state index in [0.29, 0.717) is 6.61 Å². The first-order valence-corrected chi connectivity index (χ1v) is 6.95. The molecule has 1 aliphatic heterocycles. The number of likely N-dealkylation sites (N-methyl/N-ethyl adjacent to an activating group) is 1. The Hall–Kier alpha value is -1.83. The summed E-state index contributed by atoms with van der Waals surface area (Å²) in [6.07, 6.45) is 3.32. The van der Waals surface area contributed by atoms with Gasteiger partial charge in [0.25, 0.3) is 5.91 Å². The average Bonchev–Trinajstić information content (AvgIpc) is 2.65. The van der Waals surface area contributed by atoms with Gasteiger partial charge in [-0.1, -0.05) is 18.7 Å². The molecule has 1 heterocycles. The largest absolute Gasteiger partial charge is 0.488 e. The molecular formula is C14H13IN2O3. The standard InChI is InChI=1S/C14H13IN2O3/c1-3-6-20-12-5-4-9(7-10(12)15)8-11-13(18)17(2)14(19)16-11/h3-5,7-8H,1,6H2,2H3,(H,16,19)/b11-8+. The molecule has 0 radical (unpaired) electrons. The molecule has 0 spiro atoms. The van der Waals surface area contributed by atoms with Gasteiger partial charge in [0.2, 0.25) is 0 Å². The van der Waals surface area contributed by atoms with Crippen LogP contribution in [0, 0.1) is 3.57 Å². The maximum atomic E-state index is 11.7. The number of amides is 3. The molecule has 0 bridgehead atoms. The lowest BCUT2D eigenvalue weighted by molar-refractivity contribution is -0.121. The van der Waals surface area contributed by atoms with Crippen LogP contribution in [0.25, 0.3) is 6.08 Å². The van der Waals surface area contributed by atoms with Crippen molar-refractivity contribution in [1.29, 1.82) is 0 Å². The molecule has 0 aliphatic carbocycles. The van der Waals surface area contributed by atoms with E-state index in [9.17, 15) is 9.59 Å². The number of benzene rings is 1. The molecule has 0 aromatic heterocycles. The molecule has 3 amide bonds. The Balaban J connectivity index is 2.22. The van der Waals surface area contributed by atoms with Gasteiger partial charge in [0.15, 0.2) is 0 Å². The second kappa shape index (κ2) is 6.08. The summed E-state index contributed by atoms with van der Waals surface area (Å²) in [5.41, 5.74) is 1.09. The summed E-state index contributed by atoms with van der Waals surface area (Å²) < 4.78 is 6.40. The predicted molar refractivity (Wildman–Crippen MR) is 84.1 cm³/mol. The minimum atomic E-state index is -0.415. The van der Waals surface area contributed by atoms with Gasteiger partial charge < -0.3 is 10.1 Å². The molecule has 6 heteroatoms. The Morgan fingerprint density at radius 2 is 2.20 bits per heavy atom. The number of nitrogens with zero attached hydrogens (tertiary/aromatic N) is 1. The molecule has 0 atom stereocenters. The van der Waals surface area contributed by atoms with Gasteiger partial charge >= 0.3 is 6.03 Å². The van der Waals surface area contributed by atoms with Gasteiger partial charge in [-0.15, -0.1) is 0 Å². The summed E-state index contributed by atoms with van der Waals surface area (Å²) >= 11 is 2.15. The van der Waals surface area contributed by atoms with E-state index in [0.717, 1.165) is 19.8 Å². The van der Waals surface area contributed by atoms with Gasteiger partial charge in [0.1, 0.15) is 18.1 Å². The molecule has 104 valence electrons. The molecule has 1 fully saturated rings. The minimum Gasteiger partial charge on any atom is -0.488 e. The summed E-state index contributed by atoms with van der Waals surface area (Å²) in [5, 5.41) is 2.52. The number of hydrogen-bond donors (Lipinski definition) is 1. The highest BCUT2D eigenvalue weighted by molar-refractivity contribution is 14.1. The van der Waals surface area contributed by atoms with Gasteiger partial charge in [-0.2, -0.15) is 0 Å². The van der Waals surface area contributed by atoms with Crippen molar-refractivity contribution in [3.05, 3.63) is 45.7 Å². The summed E-state index contributed by atoms with van der Waals surface area (Å²) in [7, 11) is 1.44. The van der Waals surface area contributed by atoms with Crippen LogP contribution in [0.4, 0.5) is 4.79 Å². The first kappa shape index (κ1) is 14.6. The van der Waals surface area contributed by atoms with Crippen LogP contribution >= 0.6 is 22.6 Å². The lowest BCUT2D eigenvalue weighted by Gasteiger charge is -2.06. The van der Waals surface area contributed by atoms with E-state index in [1.807, 2.05) is 18.2 Å². The van der Waals surface area contributed by atoms with Crippen LogP contribution in [0.2, 0.25) is 0 Å². The Labute approximate surface area is 130 Å². The Morgan fingerprint density at radius 1 is 1.45 bits per heavy atom. The molecule has 1 N–H and O–H groups in total. The number of imide groups is 1. The summed E-state index contributed by atoms with van der Waals surface area (Å²) in [4.78, 5) is 24.1. The van der Waals surface area contributed by atoms with E-state index in [1.165, 1.54) is 7.05 Å². The number of hydrogen-bond acceptors (Lipinski definition) is 3. The van der Waals surface area contributed by atoms with Crippen molar-refractivity contribution in [3.8, 4) is 5.75 Å². The SMILES string of the molecule is C=CCOc1ccc(/C=C2/NC(=O)N(C)C2=O)cc1I. The second-order valence-electron chi connectivity index (χ2n) is 4.14. The lowest BCUT2D eigenvalue weighted by Crippen LogP contribution is -2.25. The Bertz CT molecular complexity index is 610. The molecule has 5 nitrogen and oxygen atoms in total. The number of ether oxygens (including phenoxy) is 1. The lowest BCUT2D eigenvalue weighted by atomic mass is 10.2. The van der Waals surface area contributed by atoms with Crippen LogP contribution < -0.4 is 10.1 Å². The van der Waals surface area contributed by atoms with Crippen molar-refractivity contribution in [2.24, 2.45) is 0 Å². The van der Waals surface area contributed by atoms with Crippen LogP contribution in [0.15, 0.2) is 36.6 Å². The van der Waals surface area contributed by atoms with Crippen LogP contribution in [-0.4, -0.2) is 30.5 Å². The number of carbonyl (C=O) groups is 2. The van der Waals surface area contributed by atoms with Crippen LogP contribution in [-0.2, 0) is 4.79 Å². The second-order valence-corrected chi connectivity index (χ2v) is 5.30. The quantitative estimate of drug-likeness (QED) is 0.375. The monoisotopic (exact) mass is 384 g/mol. The first-order chi connectivity index (χ1) is 9.52. The van der Waals surface area contributed by atoms with Gasteiger partial charge in [-0.25, -0.2) is 4.79 Å².